The van der Waals surface area contributed by atoms with E-state index in [0.29, 0.717) is 17.8 Å². The number of carboxylic acids is 1. The summed E-state index contributed by atoms with van der Waals surface area (Å²) in [7, 11) is 0. The topological polar surface area (TPSA) is 101 Å². The van der Waals surface area contributed by atoms with E-state index in [0.717, 1.165) is 11.5 Å². The molecule has 0 aliphatic heterocycles. The summed E-state index contributed by atoms with van der Waals surface area (Å²) in [6, 6.07) is 0. The van der Waals surface area contributed by atoms with Crippen LogP contribution < -0.4 is 5.32 Å². The average molecular weight is 299 g/mol. The largest absolute Gasteiger partial charge is 0.481 e. The van der Waals surface area contributed by atoms with Gasteiger partial charge in [-0.1, -0.05) is 0 Å². The number of carbonyl (C=O) groups is 2. The Morgan fingerprint density at radius 3 is 2.60 bits per heavy atom. The summed E-state index contributed by atoms with van der Waals surface area (Å²) in [6.07, 6.45) is 1.43. The number of carbonyl (C=O) groups excluding carboxylic acids is 1. The molecular weight excluding hydrogens is 282 g/mol. The van der Waals surface area contributed by atoms with Crippen LogP contribution in [0.2, 0.25) is 0 Å². The van der Waals surface area contributed by atoms with E-state index in [1.165, 1.54) is 6.33 Å². The van der Waals surface area contributed by atoms with Crippen LogP contribution in [0.5, 0.6) is 0 Å². The molecule has 0 aromatic carbocycles. The van der Waals surface area contributed by atoms with Crippen LogP contribution in [0.4, 0.5) is 4.79 Å². The molecule has 1 aromatic heterocycles. The number of aromatic nitrogens is 2. The Bertz CT molecular complexity index is 503. The highest BCUT2D eigenvalue weighted by Gasteiger charge is 2.52. The number of hydrogen-bond donors (Lipinski definition) is 2. The van der Waals surface area contributed by atoms with E-state index in [4.69, 9.17) is 9.84 Å². The van der Waals surface area contributed by atoms with Crippen molar-refractivity contribution in [1.82, 2.24) is 14.7 Å². The Labute approximate surface area is 120 Å². The molecule has 1 aromatic rings. The second-order valence-corrected chi connectivity index (χ2v) is 6.68. The second-order valence-electron chi connectivity index (χ2n) is 5.90. The molecule has 2 rings (SSSR count). The van der Waals surface area contributed by atoms with Gasteiger partial charge < -0.3 is 15.2 Å². The highest BCUT2D eigenvalue weighted by Crippen LogP contribution is 2.46. The van der Waals surface area contributed by atoms with Crippen molar-refractivity contribution in [2.24, 2.45) is 5.92 Å². The van der Waals surface area contributed by atoms with Crippen molar-refractivity contribution >= 4 is 23.6 Å². The molecule has 20 heavy (non-hydrogen) atoms. The second kappa shape index (κ2) is 5.01. The molecule has 0 saturated heterocycles. The summed E-state index contributed by atoms with van der Waals surface area (Å²) in [4.78, 5) is 27.0. The molecule has 0 atom stereocenters. The molecular formula is C12H17N3O4S. The molecule has 1 fully saturated rings. The minimum Gasteiger partial charge on any atom is -0.481 e. The van der Waals surface area contributed by atoms with Crippen molar-refractivity contribution in [2.45, 2.75) is 44.8 Å². The van der Waals surface area contributed by atoms with Crippen molar-refractivity contribution in [3.05, 3.63) is 11.3 Å². The molecule has 1 heterocycles. The number of rotatable bonds is 3. The van der Waals surface area contributed by atoms with Crippen molar-refractivity contribution in [2.75, 3.05) is 0 Å². The Hall–Kier alpha value is -1.70. The number of nitrogens with zero attached hydrogens (tertiary/aromatic N) is 2. The van der Waals surface area contributed by atoms with Crippen LogP contribution in [0, 0.1) is 5.92 Å². The monoisotopic (exact) mass is 299 g/mol. The van der Waals surface area contributed by atoms with E-state index < -0.39 is 29.1 Å². The van der Waals surface area contributed by atoms with Gasteiger partial charge in [0.05, 0.1) is 11.5 Å². The van der Waals surface area contributed by atoms with Crippen LogP contribution in [-0.4, -0.2) is 32.1 Å². The maximum Gasteiger partial charge on any atom is 0.408 e. The predicted octanol–water partition coefficient (Wildman–Crippen LogP) is 1.75. The first-order valence-electron chi connectivity index (χ1n) is 6.23. The van der Waals surface area contributed by atoms with Gasteiger partial charge in [-0.05, 0) is 45.1 Å². The van der Waals surface area contributed by atoms with Crippen LogP contribution >= 0.6 is 11.5 Å². The molecule has 0 bridgehead atoms. The van der Waals surface area contributed by atoms with Gasteiger partial charge in [-0.25, -0.2) is 9.78 Å². The first-order valence-corrected chi connectivity index (χ1v) is 7.00. The van der Waals surface area contributed by atoms with Gasteiger partial charge in [-0.15, -0.1) is 0 Å². The van der Waals surface area contributed by atoms with E-state index in [1.54, 1.807) is 20.8 Å². The standard InChI is InChI=1S/C12H17N3O4S/c1-11(2,3)19-10(18)15-12(9-13-6-14-20-9)4-7(5-12)8(16)17/h6-7H,4-5H2,1-3H3,(H,15,18)(H,16,17). The van der Waals surface area contributed by atoms with Crippen LogP contribution in [0.15, 0.2) is 6.33 Å². The van der Waals surface area contributed by atoms with E-state index in [-0.39, 0.29) is 0 Å². The van der Waals surface area contributed by atoms with E-state index in [9.17, 15) is 9.59 Å². The Balaban J connectivity index is 2.10. The molecule has 110 valence electrons. The molecule has 1 aliphatic carbocycles. The summed E-state index contributed by atoms with van der Waals surface area (Å²) in [6.45, 7) is 5.31. The summed E-state index contributed by atoms with van der Waals surface area (Å²) in [5.41, 5.74) is -1.38. The van der Waals surface area contributed by atoms with Gasteiger partial charge in [-0.2, -0.15) is 4.37 Å². The van der Waals surface area contributed by atoms with Crippen LogP contribution in [-0.2, 0) is 15.1 Å². The number of hydrogen-bond acceptors (Lipinski definition) is 6. The molecule has 0 spiro atoms. The zero-order chi connectivity index (χ0) is 15.0. The maximum absolute atomic E-state index is 11.9. The van der Waals surface area contributed by atoms with E-state index in [2.05, 4.69) is 14.7 Å². The lowest BCUT2D eigenvalue weighted by atomic mass is 9.68. The lowest BCUT2D eigenvalue weighted by molar-refractivity contribution is -0.148. The molecule has 8 heteroatoms. The number of aliphatic carboxylic acids is 1. The number of nitrogens with one attached hydrogen (secondary N) is 1. The number of amides is 1. The first kappa shape index (κ1) is 14.7. The van der Waals surface area contributed by atoms with Crippen molar-refractivity contribution < 1.29 is 19.4 Å². The zero-order valence-corrected chi connectivity index (χ0v) is 12.4. The lowest BCUT2D eigenvalue weighted by Crippen LogP contribution is -2.57. The molecule has 7 nitrogen and oxygen atoms in total. The molecule has 0 radical (unpaired) electrons. The van der Waals surface area contributed by atoms with Crippen LogP contribution in [0.1, 0.15) is 38.6 Å². The average Bonchev–Trinajstić information content (AvgIpc) is 2.72. The minimum absolute atomic E-state index is 0.302. The maximum atomic E-state index is 11.9. The normalized spacial score (nSPS) is 25.6. The molecule has 0 unspecified atom stereocenters. The third kappa shape index (κ3) is 3.06. The smallest absolute Gasteiger partial charge is 0.408 e. The van der Waals surface area contributed by atoms with E-state index in [1.807, 2.05) is 0 Å². The quantitative estimate of drug-likeness (QED) is 0.881. The van der Waals surface area contributed by atoms with Gasteiger partial charge in [0, 0.05) is 0 Å². The summed E-state index contributed by atoms with van der Waals surface area (Å²) < 4.78 is 9.13. The van der Waals surface area contributed by atoms with Gasteiger partial charge in [-0.3, -0.25) is 4.79 Å². The van der Waals surface area contributed by atoms with Crippen molar-refractivity contribution in [3.63, 3.8) is 0 Å². The van der Waals surface area contributed by atoms with Gasteiger partial charge >= 0.3 is 12.1 Å². The van der Waals surface area contributed by atoms with Gasteiger partial charge in [0.2, 0.25) is 0 Å². The Morgan fingerprint density at radius 2 is 2.15 bits per heavy atom. The Morgan fingerprint density at radius 1 is 1.50 bits per heavy atom. The number of alkyl carbamates (subject to hydrolysis) is 1. The number of carboxylic acid groups (broad SMARTS) is 1. The minimum atomic E-state index is -0.865. The van der Waals surface area contributed by atoms with Gasteiger partial charge in [0.1, 0.15) is 16.9 Å². The summed E-state index contributed by atoms with van der Waals surface area (Å²) in [5, 5.41) is 12.4. The van der Waals surface area contributed by atoms with Gasteiger partial charge in [0.25, 0.3) is 0 Å². The van der Waals surface area contributed by atoms with E-state index >= 15 is 0 Å². The summed E-state index contributed by atoms with van der Waals surface area (Å²) >= 11 is 1.16. The van der Waals surface area contributed by atoms with Crippen LogP contribution in [0.3, 0.4) is 0 Å². The fraction of sp³-hybridized carbons (Fsp3) is 0.667. The fourth-order valence-corrected chi connectivity index (χ4v) is 2.85. The molecule has 1 aliphatic rings. The Kier molecular flexibility index (Phi) is 3.68. The first-order chi connectivity index (χ1) is 9.22. The molecule has 1 saturated carbocycles. The lowest BCUT2D eigenvalue weighted by Gasteiger charge is -2.44. The van der Waals surface area contributed by atoms with Gasteiger partial charge in [0.15, 0.2) is 0 Å². The third-order valence-corrected chi connectivity index (χ3v) is 3.92. The highest BCUT2D eigenvalue weighted by molar-refractivity contribution is 7.05. The fourth-order valence-electron chi connectivity index (χ4n) is 2.17. The van der Waals surface area contributed by atoms with Crippen molar-refractivity contribution in [3.8, 4) is 0 Å². The van der Waals surface area contributed by atoms with Crippen LogP contribution in [0.25, 0.3) is 0 Å². The highest BCUT2D eigenvalue weighted by atomic mass is 32.1. The molecule has 2 N–H and O–H groups in total. The van der Waals surface area contributed by atoms with Crippen molar-refractivity contribution in [1.29, 1.82) is 0 Å². The third-order valence-electron chi connectivity index (χ3n) is 3.05. The SMILES string of the molecule is CC(C)(C)OC(=O)NC1(c2ncns2)CC(C(=O)O)C1. The molecule has 1 amide bonds. The number of ether oxygens (including phenoxy) is 1. The zero-order valence-electron chi connectivity index (χ0n) is 11.5. The summed E-state index contributed by atoms with van der Waals surface area (Å²) in [5.74, 6) is -1.34. The predicted molar refractivity (Wildman–Crippen MR) is 71.3 cm³/mol.